The average Bonchev–Trinajstić information content (AvgIpc) is 2.61. The van der Waals surface area contributed by atoms with Gasteiger partial charge in [-0.3, -0.25) is 0 Å². The molecule has 0 saturated carbocycles. The number of aliphatic hydroxyl groups excluding tert-OH is 1. The number of fused-ring (bicyclic) bond motifs is 1. The molecule has 0 radical (unpaired) electrons. The highest BCUT2D eigenvalue weighted by Crippen LogP contribution is 2.33. The third-order valence-corrected chi connectivity index (χ3v) is 3.18. The summed E-state index contributed by atoms with van der Waals surface area (Å²) in [5, 5.41) is 13.2. The fourth-order valence-corrected chi connectivity index (χ4v) is 2.32. The van der Waals surface area contributed by atoms with Crippen LogP contribution in [0.2, 0.25) is 5.02 Å². The molecule has 2 rings (SSSR count). The van der Waals surface area contributed by atoms with Crippen LogP contribution in [-0.2, 0) is 6.42 Å². The summed E-state index contributed by atoms with van der Waals surface area (Å²) in [7, 11) is 0. The summed E-state index contributed by atoms with van der Waals surface area (Å²) >= 11 is 5.98. The fourth-order valence-electron chi connectivity index (χ4n) is 2.14. The zero-order valence-electron chi connectivity index (χ0n) is 8.83. The van der Waals surface area contributed by atoms with E-state index in [0.717, 1.165) is 17.9 Å². The summed E-state index contributed by atoms with van der Waals surface area (Å²) in [6.07, 6.45) is 2.20. The molecule has 2 unspecified atom stereocenters. The largest absolute Gasteiger partial charge is 0.395 e. The standard InChI is InChI=1S/C12H16ClNO/c1-8(7-15)14-12-5-3-9-2-4-10(13)6-11(9)12/h2,4,6,8,12,14-15H,3,5,7H2,1H3. The van der Waals surface area contributed by atoms with Gasteiger partial charge in [0.05, 0.1) is 6.61 Å². The van der Waals surface area contributed by atoms with Crippen molar-refractivity contribution in [2.45, 2.75) is 31.8 Å². The molecule has 2 atom stereocenters. The summed E-state index contributed by atoms with van der Waals surface area (Å²) < 4.78 is 0. The highest BCUT2D eigenvalue weighted by Gasteiger charge is 2.23. The van der Waals surface area contributed by atoms with Gasteiger partial charge in [0.15, 0.2) is 0 Å². The zero-order valence-corrected chi connectivity index (χ0v) is 9.59. The molecule has 0 amide bonds. The van der Waals surface area contributed by atoms with E-state index in [1.165, 1.54) is 11.1 Å². The molecule has 2 N–H and O–H groups in total. The molecule has 1 aromatic carbocycles. The van der Waals surface area contributed by atoms with Gasteiger partial charge in [-0.15, -0.1) is 0 Å². The van der Waals surface area contributed by atoms with E-state index in [1.54, 1.807) is 0 Å². The molecule has 2 nitrogen and oxygen atoms in total. The number of benzene rings is 1. The molecule has 82 valence electrons. The highest BCUT2D eigenvalue weighted by molar-refractivity contribution is 6.30. The van der Waals surface area contributed by atoms with Crippen molar-refractivity contribution in [1.29, 1.82) is 0 Å². The first-order valence-corrected chi connectivity index (χ1v) is 5.73. The van der Waals surface area contributed by atoms with Crippen LogP contribution in [-0.4, -0.2) is 17.8 Å². The van der Waals surface area contributed by atoms with Crippen molar-refractivity contribution >= 4 is 11.6 Å². The van der Waals surface area contributed by atoms with Crippen LogP contribution in [0.5, 0.6) is 0 Å². The number of aryl methyl sites for hydroxylation is 1. The van der Waals surface area contributed by atoms with Crippen LogP contribution in [0.15, 0.2) is 18.2 Å². The topological polar surface area (TPSA) is 32.3 Å². The lowest BCUT2D eigenvalue weighted by molar-refractivity contribution is 0.240. The van der Waals surface area contributed by atoms with E-state index in [1.807, 2.05) is 19.1 Å². The summed E-state index contributed by atoms with van der Waals surface area (Å²) in [6.45, 7) is 2.16. The molecule has 3 heteroatoms. The van der Waals surface area contributed by atoms with Gasteiger partial charge >= 0.3 is 0 Å². The molecular formula is C12H16ClNO. The van der Waals surface area contributed by atoms with Crippen molar-refractivity contribution in [3.05, 3.63) is 34.3 Å². The molecule has 1 aliphatic rings. The maximum Gasteiger partial charge on any atom is 0.0582 e. The van der Waals surface area contributed by atoms with E-state index in [2.05, 4.69) is 11.4 Å². The van der Waals surface area contributed by atoms with Crippen LogP contribution < -0.4 is 5.32 Å². The van der Waals surface area contributed by atoms with Crippen molar-refractivity contribution < 1.29 is 5.11 Å². The lowest BCUT2D eigenvalue weighted by atomic mass is 10.1. The van der Waals surface area contributed by atoms with E-state index < -0.39 is 0 Å². The Morgan fingerprint density at radius 3 is 3.13 bits per heavy atom. The Hall–Kier alpha value is -0.570. The molecule has 0 aliphatic heterocycles. The van der Waals surface area contributed by atoms with Crippen molar-refractivity contribution in [3.8, 4) is 0 Å². The lowest BCUT2D eigenvalue weighted by Gasteiger charge is -2.18. The van der Waals surface area contributed by atoms with E-state index >= 15 is 0 Å². The fraction of sp³-hybridized carbons (Fsp3) is 0.500. The lowest BCUT2D eigenvalue weighted by Crippen LogP contribution is -2.32. The molecule has 0 saturated heterocycles. The number of halogens is 1. The van der Waals surface area contributed by atoms with Gasteiger partial charge in [0.2, 0.25) is 0 Å². The first kappa shape index (κ1) is 10.9. The molecular weight excluding hydrogens is 210 g/mol. The quantitative estimate of drug-likeness (QED) is 0.828. The van der Waals surface area contributed by atoms with Crippen molar-refractivity contribution in [1.82, 2.24) is 5.32 Å². The Kier molecular flexibility index (Phi) is 3.29. The van der Waals surface area contributed by atoms with Crippen LogP contribution in [0.25, 0.3) is 0 Å². The second-order valence-electron chi connectivity index (χ2n) is 4.18. The highest BCUT2D eigenvalue weighted by atomic mass is 35.5. The van der Waals surface area contributed by atoms with Crippen LogP contribution in [0.1, 0.15) is 30.5 Å². The normalized spacial score (nSPS) is 21.4. The number of rotatable bonds is 3. The molecule has 1 aliphatic carbocycles. The van der Waals surface area contributed by atoms with Gasteiger partial charge in [0.1, 0.15) is 0 Å². The second kappa shape index (κ2) is 4.52. The third kappa shape index (κ3) is 2.33. The molecule has 1 aromatic rings. The molecule has 15 heavy (non-hydrogen) atoms. The van der Waals surface area contributed by atoms with E-state index in [4.69, 9.17) is 16.7 Å². The number of hydrogen-bond donors (Lipinski definition) is 2. The predicted molar refractivity (Wildman–Crippen MR) is 62.2 cm³/mol. The number of aliphatic hydroxyl groups is 1. The van der Waals surface area contributed by atoms with Crippen LogP contribution in [0.3, 0.4) is 0 Å². The Balaban J connectivity index is 2.16. The number of nitrogens with one attached hydrogen (secondary N) is 1. The Bertz CT molecular complexity index is 353. The molecule has 0 spiro atoms. The minimum Gasteiger partial charge on any atom is -0.395 e. The van der Waals surface area contributed by atoms with Crippen molar-refractivity contribution in [2.24, 2.45) is 0 Å². The summed E-state index contributed by atoms with van der Waals surface area (Å²) in [4.78, 5) is 0. The van der Waals surface area contributed by atoms with E-state index in [9.17, 15) is 0 Å². The van der Waals surface area contributed by atoms with Gasteiger partial charge in [-0.1, -0.05) is 17.7 Å². The minimum atomic E-state index is 0.139. The predicted octanol–water partition coefficient (Wildman–Crippen LogP) is 2.30. The summed E-state index contributed by atoms with van der Waals surface area (Å²) in [5.41, 5.74) is 2.67. The number of hydrogen-bond acceptors (Lipinski definition) is 2. The molecule has 0 bridgehead atoms. The molecule has 0 aromatic heterocycles. The van der Waals surface area contributed by atoms with Gasteiger partial charge in [0.25, 0.3) is 0 Å². The third-order valence-electron chi connectivity index (χ3n) is 2.95. The van der Waals surface area contributed by atoms with Gasteiger partial charge in [-0.2, -0.15) is 0 Å². The van der Waals surface area contributed by atoms with Gasteiger partial charge in [0, 0.05) is 17.1 Å². The smallest absolute Gasteiger partial charge is 0.0582 e. The minimum absolute atomic E-state index is 0.139. The Morgan fingerprint density at radius 2 is 2.40 bits per heavy atom. The Labute approximate surface area is 95.3 Å². The van der Waals surface area contributed by atoms with Gasteiger partial charge in [-0.05, 0) is 43.0 Å². The van der Waals surface area contributed by atoms with Crippen molar-refractivity contribution in [2.75, 3.05) is 6.61 Å². The second-order valence-corrected chi connectivity index (χ2v) is 4.62. The zero-order chi connectivity index (χ0) is 10.8. The van der Waals surface area contributed by atoms with E-state index in [-0.39, 0.29) is 12.6 Å². The van der Waals surface area contributed by atoms with Gasteiger partial charge in [-0.25, -0.2) is 0 Å². The maximum atomic E-state index is 9.01. The Morgan fingerprint density at radius 1 is 1.60 bits per heavy atom. The molecule has 0 heterocycles. The SMILES string of the molecule is CC(CO)NC1CCc2ccc(Cl)cc21. The first-order chi connectivity index (χ1) is 7.20. The first-order valence-electron chi connectivity index (χ1n) is 5.36. The monoisotopic (exact) mass is 225 g/mol. The maximum absolute atomic E-state index is 9.01. The van der Waals surface area contributed by atoms with Gasteiger partial charge < -0.3 is 10.4 Å². The molecule has 0 fully saturated rings. The van der Waals surface area contributed by atoms with Crippen molar-refractivity contribution in [3.63, 3.8) is 0 Å². The summed E-state index contributed by atoms with van der Waals surface area (Å²) in [5.74, 6) is 0. The van der Waals surface area contributed by atoms with E-state index in [0.29, 0.717) is 6.04 Å². The van der Waals surface area contributed by atoms with Crippen LogP contribution >= 0.6 is 11.6 Å². The van der Waals surface area contributed by atoms with Crippen LogP contribution in [0, 0.1) is 0 Å². The van der Waals surface area contributed by atoms with Crippen LogP contribution in [0.4, 0.5) is 0 Å². The average molecular weight is 226 g/mol. The summed E-state index contributed by atoms with van der Waals surface area (Å²) in [6, 6.07) is 6.56.